The molecule has 1 N–H and O–H groups in total. The summed E-state index contributed by atoms with van der Waals surface area (Å²) >= 11 is 0. The van der Waals surface area contributed by atoms with E-state index in [-0.39, 0.29) is 11.5 Å². The van der Waals surface area contributed by atoms with E-state index < -0.39 is 34.1 Å². The topological polar surface area (TPSA) is 106 Å². The highest BCUT2D eigenvalue weighted by atomic mass is 32.2. The number of pyridine rings is 2. The van der Waals surface area contributed by atoms with E-state index in [2.05, 4.69) is 25.0 Å². The number of fused-ring (bicyclic) bond motifs is 1. The molecule has 0 aromatic carbocycles. The molecule has 162 valence electrons. The number of aromatic nitrogens is 6. The highest BCUT2D eigenvalue weighted by molar-refractivity contribution is 7.90. The standard InChI is InChI=1S/C19H17F3N6O2S/c1-31(29,30)8-6-14(19(20,21)22)15-3-2-4-16(27-15)28-10-12(9-26-28)13-5-7-23-18-17(13)24-11-25-18/h2-5,7,9-11,14H,6,8H2,1H3,(H,23,24,25). The molecule has 0 bridgehead atoms. The number of alkyl halides is 3. The molecule has 0 saturated carbocycles. The van der Waals surface area contributed by atoms with Gasteiger partial charge in [0.1, 0.15) is 9.84 Å². The van der Waals surface area contributed by atoms with Gasteiger partial charge in [-0.05, 0) is 24.6 Å². The molecule has 0 spiro atoms. The Labute approximate surface area is 175 Å². The van der Waals surface area contributed by atoms with Crippen LogP contribution in [-0.4, -0.2) is 56.3 Å². The first-order valence-corrected chi connectivity index (χ1v) is 11.2. The highest BCUT2D eigenvalue weighted by Gasteiger charge is 2.42. The Hall–Kier alpha value is -3.28. The maximum atomic E-state index is 13.6. The number of sulfone groups is 1. The van der Waals surface area contributed by atoms with E-state index in [9.17, 15) is 21.6 Å². The third-order valence-electron chi connectivity index (χ3n) is 4.74. The van der Waals surface area contributed by atoms with Crippen molar-refractivity contribution in [3.63, 3.8) is 0 Å². The Morgan fingerprint density at radius 1 is 1.19 bits per heavy atom. The van der Waals surface area contributed by atoms with Crippen molar-refractivity contribution in [3.8, 4) is 16.9 Å². The van der Waals surface area contributed by atoms with Gasteiger partial charge >= 0.3 is 6.18 Å². The van der Waals surface area contributed by atoms with Crippen molar-refractivity contribution in [1.82, 2.24) is 29.7 Å². The molecule has 0 aliphatic rings. The van der Waals surface area contributed by atoms with Crippen molar-refractivity contribution in [2.45, 2.75) is 18.5 Å². The number of H-pyrrole nitrogens is 1. The van der Waals surface area contributed by atoms with Crippen LogP contribution in [0.2, 0.25) is 0 Å². The predicted octanol–water partition coefficient (Wildman–Crippen LogP) is 3.29. The van der Waals surface area contributed by atoms with Crippen LogP contribution >= 0.6 is 0 Å². The summed E-state index contributed by atoms with van der Waals surface area (Å²) in [7, 11) is -3.55. The van der Waals surface area contributed by atoms with Crippen molar-refractivity contribution >= 4 is 21.0 Å². The lowest BCUT2D eigenvalue weighted by Crippen LogP contribution is -2.24. The molecule has 8 nitrogen and oxygen atoms in total. The number of aromatic amines is 1. The average Bonchev–Trinajstić information content (AvgIpc) is 3.36. The summed E-state index contributed by atoms with van der Waals surface area (Å²) in [6, 6.07) is 5.99. The van der Waals surface area contributed by atoms with E-state index in [0.29, 0.717) is 16.7 Å². The van der Waals surface area contributed by atoms with Crippen LogP contribution in [0.3, 0.4) is 0 Å². The summed E-state index contributed by atoms with van der Waals surface area (Å²) in [5.41, 5.74) is 2.47. The molecule has 0 saturated heterocycles. The summed E-state index contributed by atoms with van der Waals surface area (Å²) in [5.74, 6) is -2.40. The quantitative estimate of drug-likeness (QED) is 0.483. The molecule has 12 heteroatoms. The molecule has 1 atom stereocenters. The third kappa shape index (κ3) is 4.58. The van der Waals surface area contributed by atoms with Gasteiger partial charge < -0.3 is 4.98 Å². The summed E-state index contributed by atoms with van der Waals surface area (Å²) in [5, 5.41) is 4.22. The number of nitrogens with one attached hydrogen (secondary N) is 1. The lowest BCUT2D eigenvalue weighted by Gasteiger charge is -2.20. The number of rotatable bonds is 6. The van der Waals surface area contributed by atoms with Gasteiger partial charge in [-0.3, -0.25) is 0 Å². The Balaban J connectivity index is 1.68. The fourth-order valence-electron chi connectivity index (χ4n) is 3.25. The predicted molar refractivity (Wildman–Crippen MR) is 107 cm³/mol. The van der Waals surface area contributed by atoms with Gasteiger partial charge in [-0.25, -0.2) is 28.1 Å². The minimum atomic E-state index is -4.63. The fraction of sp³-hybridized carbons (Fsp3) is 0.263. The van der Waals surface area contributed by atoms with Crippen LogP contribution in [0, 0.1) is 0 Å². The van der Waals surface area contributed by atoms with Crippen LogP contribution in [0.25, 0.3) is 28.1 Å². The molecule has 4 aromatic rings. The lowest BCUT2D eigenvalue weighted by molar-refractivity contribution is -0.151. The zero-order valence-corrected chi connectivity index (χ0v) is 17.0. The number of hydrogen-bond donors (Lipinski definition) is 1. The van der Waals surface area contributed by atoms with Crippen LogP contribution in [0.15, 0.2) is 49.2 Å². The highest BCUT2D eigenvalue weighted by Crippen LogP contribution is 2.37. The van der Waals surface area contributed by atoms with Gasteiger partial charge in [0.2, 0.25) is 0 Å². The van der Waals surface area contributed by atoms with Crippen LogP contribution in [-0.2, 0) is 9.84 Å². The first-order chi connectivity index (χ1) is 14.6. The van der Waals surface area contributed by atoms with Gasteiger partial charge in [-0.15, -0.1) is 0 Å². The van der Waals surface area contributed by atoms with Crippen molar-refractivity contribution < 1.29 is 21.6 Å². The minimum absolute atomic E-state index is 0.187. The molecule has 1 unspecified atom stereocenters. The second-order valence-corrected chi connectivity index (χ2v) is 9.33. The van der Waals surface area contributed by atoms with E-state index in [4.69, 9.17) is 0 Å². The second kappa shape index (κ2) is 7.76. The number of imidazole rings is 1. The lowest BCUT2D eigenvalue weighted by atomic mass is 10.0. The molecule has 0 aliphatic heterocycles. The summed E-state index contributed by atoms with van der Waals surface area (Å²) in [6.45, 7) is 0. The second-order valence-electron chi connectivity index (χ2n) is 7.07. The van der Waals surface area contributed by atoms with E-state index in [1.165, 1.54) is 29.2 Å². The summed E-state index contributed by atoms with van der Waals surface area (Å²) in [6.07, 6.45) is 2.00. The Kier molecular flexibility index (Phi) is 5.25. The zero-order valence-electron chi connectivity index (χ0n) is 16.2. The Bertz CT molecular complexity index is 1330. The Morgan fingerprint density at radius 2 is 2.00 bits per heavy atom. The first-order valence-electron chi connectivity index (χ1n) is 9.17. The molecule has 0 radical (unpaired) electrons. The number of halogens is 3. The number of hydrogen-bond acceptors (Lipinski definition) is 6. The van der Waals surface area contributed by atoms with Gasteiger partial charge in [0.25, 0.3) is 0 Å². The van der Waals surface area contributed by atoms with Crippen molar-refractivity contribution in [3.05, 3.63) is 54.9 Å². The first kappa shape index (κ1) is 21.0. The Morgan fingerprint density at radius 3 is 2.74 bits per heavy atom. The maximum Gasteiger partial charge on any atom is 0.397 e. The molecule has 31 heavy (non-hydrogen) atoms. The fourth-order valence-corrected chi connectivity index (χ4v) is 3.91. The van der Waals surface area contributed by atoms with E-state index in [0.717, 1.165) is 11.8 Å². The molecular weight excluding hydrogens is 433 g/mol. The van der Waals surface area contributed by atoms with Gasteiger partial charge in [-0.1, -0.05) is 6.07 Å². The minimum Gasteiger partial charge on any atom is -0.343 e. The van der Waals surface area contributed by atoms with E-state index >= 15 is 0 Å². The van der Waals surface area contributed by atoms with Crippen molar-refractivity contribution in [2.24, 2.45) is 0 Å². The molecular formula is C19H17F3N6O2S. The van der Waals surface area contributed by atoms with Crippen LogP contribution in [0.1, 0.15) is 18.0 Å². The largest absolute Gasteiger partial charge is 0.397 e. The number of nitrogens with zero attached hydrogens (tertiary/aromatic N) is 5. The average molecular weight is 450 g/mol. The van der Waals surface area contributed by atoms with Crippen molar-refractivity contribution in [2.75, 3.05) is 12.0 Å². The zero-order chi connectivity index (χ0) is 22.2. The van der Waals surface area contributed by atoms with Gasteiger partial charge in [0.15, 0.2) is 11.5 Å². The summed E-state index contributed by atoms with van der Waals surface area (Å²) in [4.78, 5) is 15.4. The third-order valence-corrected chi connectivity index (χ3v) is 5.72. The molecule has 4 heterocycles. The monoisotopic (exact) mass is 450 g/mol. The maximum absolute atomic E-state index is 13.6. The molecule has 4 aromatic heterocycles. The smallest absolute Gasteiger partial charge is 0.343 e. The van der Waals surface area contributed by atoms with Gasteiger partial charge in [0.05, 0.1) is 35.4 Å². The van der Waals surface area contributed by atoms with Crippen molar-refractivity contribution in [1.29, 1.82) is 0 Å². The molecule has 0 aliphatic carbocycles. The van der Waals surface area contributed by atoms with E-state index in [1.807, 2.05) is 0 Å². The molecule has 0 fully saturated rings. The van der Waals surface area contributed by atoms with Crippen LogP contribution in [0.5, 0.6) is 0 Å². The van der Waals surface area contributed by atoms with Crippen LogP contribution < -0.4 is 0 Å². The SMILES string of the molecule is CS(=O)(=O)CCC(c1cccc(-n2cc(-c3ccnc4nc[nH]c34)cn2)n1)C(F)(F)F. The molecule has 4 rings (SSSR count). The van der Waals surface area contributed by atoms with Gasteiger partial charge in [0, 0.05) is 29.8 Å². The molecule has 0 amide bonds. The van der Waals surface area contributed by atoms with Gasteiger partial charge in [-0.2, -0.15) is 18.3 Å². The normalized spacial score (nSPS) is 13.5. The van der Waals surface area contributed by atoms with E-state index in [1.54, 1.807) is 24.7 Å². The summed E-state index contributed by atoms with van der Waals surface area (Å²) < 4.78 is 64.9. The van der Waals surface area contributed by atoms with Crippen LogP contribution in [0.4, 0.5) is 13.2 Å².